The summed E-state index contributed by atoms with van der Waals surface area (Å²) in [5.74, 6) is 0.192. The van der Waals surface area contributed by atoms with Crippen LogP contribution < -0.4 is 15.5 Å². The molecule has 1 aromatic carbocycles. The van der Waals surface area contributed by atoms with Gasteiger partial charge in [0.1, 0.15) is 0 Å². The molecule has 2 fully saturated rings. The molecule has 8 heteroatoms. The zero-order valence-corrected chi connectivity index (χ0v) is 18.7. The number of hydrogen-bond donors (Lipinski definition) is 4. The van der Waals surface area contributed by atoms with E-state index in [0.29, 0.717) is 11.6 Å². The van der Waals surface area contributed by atoms with Gasteiger partial charge in [-0.25, -0.2) is 0 Å². The first-order chi connectivity index (χ1) is 15.6. The van der Waals surface area contributed by atoms with Crippen LogP contribution in [-0.4, -0.2) is 55.0 Å². The molecule has 1 amide bonds. The minimum absolute atomic E-state index is 0.0353. The average molecular weight is 454 g/mol. The zero-order valence-electron chi connectivity index (χ0n) is 17.9. The van der Waals surface area contributed by atoms with Crippen LogP contribution in [0.25, 0.3) is 16.7 Å². The van der Waals surface area contributed by atoms with E-state index in [2.05, 4.69) is 20.5 Å². The Morgan fingerprint density at radius 1 is 1.25 bits per heavy atom. The molecule has 0 radical (unpaired) electrons. The number of rotatable bonds is 7. The molecule has 0 bridgehead atoms. The third-order valence-corrected chi connectivity index (χ3v) is 6.76. The van der Waals surface area contributed by atoms with Crippen molar-refractivity contribution in [1.29, 1.82) is 5.41 Å². The van der Waals surface area contributed by atoms with E-state index in [1.165, 1.54) is 6.21 Å². The lowest BCUT2D eigenvalue weighted by atomic mass is 9.77. The smallest absolute Gasteiger partial charge is 0.226 e. The van der Waals surface area contributed by atoms with E-state index in [9.17, 15) is 4.79 Å². The summed E-state index contributed by atoms with van der Waals surface area (Å²) >= 11 is 6.62. The lowest BCUT2D eigenvalue weighted by Gasteiger charge is -2.39. The maximum Gasteiger partial charge on any atom is 0.226 e. The third-order valence-electron chi connectivity index (χ3n) is 6.48. The molecule has 1 spiro atoms. The molecule has 2 saturated heterocycles. The van der Waals surface area contributed by atoms with Crippen molar-refractivity contribution >= 4 is 35.0 Å². The molecule has 7 nitrogen and oxygen atoms in total. The van der Waals surface area contributed by atoms with E-state index < -0.39 is 0 Å². The van der Waals surface area contributed by atoms with Gasteiger partial charge in [-0.1, -0.05) is 35.9 Å². The molecule has 32 heavy (non-hydrogen) atoms. The zero-order chi connectivity index (χ0) is 22.6. The number of aromatic nitrogens is 1. The lowest BCUT2D eigenvalue weighted by molar-refractivity contribution is -0.128. The SMILES string of the molecule is N=C/C(=C\NCCO)c1ccc(-c2cncc(Cl)c2N2CCC3(CCNC3=O)CC2)cc1. The minimum Gasteiger partial charge on any atom is -0.395 e. The number of nitrogens with zero attached hydrogens (tertiary/aromatic N) is 2. The van der Waals surface area contributed by atoms with Gasteiger partial charge >= 0.3 is 0 Å². The number of allylic oxidation sites excluding steroid dienone is 1. The number of pyridine rings is 1. The van der Waals surface area contributed by atoms with E-state index in [-0.39, 0.29) is 17.9 Å². The second-order valence-corrected chi connectivity index (χ2v) is 8.70. The number of aliphatic hydroxyl groups is 1. The van der Waals surface area contributed by atoms with Gasteiger partial charge in [0.15, 0.2) is 0 Å². The van der Waals surface area contributed by atoms with Crippen LogP contribution in [0.1, 0.15) is 24.8 Å². The Morgan fingerprint density at radius 2 is 2.00 bits per heavy atom. The molecule has 0 aliphatic carbocycles. The summed E-state index contributed by atoms with van der Waals surface area (Å²) in [6.45, 7) is 2.80. The fourth-order valence-corrected chi connectivity index (χ4v) is 4.89. The van der Waals surface area contributed by atoms with Gasteiger partial charge in [-0.15, -0.1) is 0 Å². The standard InChI is InChI=1S/C24H28ClN5O2/c25-21-16-28-15-20(18-3-1-17(2-4-18)19(13-26)14-27-9-12-31)22(21)30-10-6-24(7-11-30)5-8-29-23(24)32/h1-4,13-16,26-27,31H,5-12H2,(H,29,32)/b19-14+,26-13?. The Labute approximate surface area is 193 Å². The van der Waals surface area contributed by atoms with E-state index >= 15 is 0 Å². The van der Waals surface area contributed by atoms with Crippen LogP contribution in [0.3, 0.4) is 0 Å². The molecule has 2 aliphatic rings. The van der Waals surface area contributed by atoms with Crippen LogP contribution >= 0.6 is 11.6 Å². The van der Waals surface area contributed by atoms with E-state index in [0.717, 1.165) is 66.8 Å². The number of halogens is 1. The second-order valence-electron chi connectivity index (χ2n) is 8.29. The molecule has 2 aromatic rings. The van der Waals surface area contributed by atoms with Crippen molar-refractivity contribution < 1.29 is 9.90 Å². The average Bonchev–Trinajstić information content (AvgIpc) is 3.17. The summed E-state index contributed by atoms with van der Waals surface area (Å²) < 4.78 is 0. The number of amides is 1. The number of anilines is 1. The number of carbonyl (C=O) groups excluding carboxylic acids is 1. The van der Waals surface area contributed by atoms with Crippen LogP contribution in [-0.2, 0) is 4.79 Å². The third kappa shape index (κ3) is 4.36. The number of piperidine rings is 1. The largest absolute Gasteiger partial charge is 0.395 e. The molecular weight excluding hydrogens is 426 g/mol. The quantitative estimate of drug-likeness (QED) is 0.381. The molecule has 0 unspecified atom stereocenters. The van der Waals surface area contributed by atoms with Crippen molar-refractivity contribution in [3.8, 4) is 11.1 Å². The van der Waals surface area contributed by atoms with E-state index in [1.54, 1.807) is 12.4 Å². The summed E-state index contributed by atoms with van der Waals surface area (Å²) in [5.41, 5.74) is 4.30. The van der Waals surface area contributed by atoms with Crippen LogP contribution in [0.4, 0.5) is 5.69 Å². The number of benzene rings is 1. The normalized spacial score (nSPS) is 18.0. The van der Waals surface area contributed by atoms with Gasteiger partial charge < -0.3 is 26.0 Å². The van der Waals surface area contributed by atoms with Gasteiger partial charge in [0.25, 0.3) is 0 Å². The summed E-state index contributed by atoms with van der Waals surface area (Å²) in [6.07, 6.45) is 9.08. The predicted octanol–water partition coefficient (Wildman–Crippen LogP) is 3.08. The van der Waals surface area contributed by atoms with Crippen molar-refractivity contribution in [3.63, 3.8) is 0 Å². The van der Waals surface area contributed by atoms with Crippen molar-refractivity contribution in [2.75, 3.05) is 37.7 Å². The van der Waals surface area contributed by atoms with E-state index in [4.69, 9.17) is 22.1 Å². The van der Waals surface area contributed by atoms with Crippen LogP contribution in [0.2, 0.25) is 5.02 Å². The molecule has 168 valence electrons. The number of hydrogen-bond acceptors (Lipinski definition) is 6. The minimum atomic E-state index is -0.225. The van der Waals surface area contributed by atoms with Crippen molar-refractivity contribution in [1.82, 2.24) is 15.6 Å². The molecular formula is C24H28ClN5O2. The summed E-state index contributed by atoms with van der Waals surface area (Å²) in [5, 5.41) is 23.2. The first-order valence-corrected chi connectivity index (χ1v) is 11.3. The second kappa shape index (κ2) is 9.71. The fraction of sp³-hybridized carbons (Fsp3) is 0.375. The van der Waals surface area contributed by atoms with E-state index in [1.807, 2.05) is 30.5 Å². The Hall–Kier alpha value is -2.90. The number of carbonyl (C=O) groups is 1. The first kappa shape index (κ1) is 22.3. The monoisotopic (exact) mass is 453 g/mol. The molecule has 0 atom stereocenters. The van der Waals surface area contributed by atoms with Gasteiger partial charge in [-0.2, -0.15) is 0 Å². The summed E-state index contributed by atoms with van der Waals surface area (Å²) in [4.78, 5) is 18.9. The van der Waals surface area contributed by atoms with Gasteiger partial charge in [0.05, 0.1) is 22.7 Å². The van der Waals surface area contributed by atoms with Crippen LogP contribution in [0, 0.1) is 10.8 Å². The molecule has 3 heterocycles. The lowest BCUT2D eigenvalue weighted by Crippen LogP contribution is -2.44. The topological polar surface area (TPSA) is 101 Å². The van der Waals surface area contributed by atoms with Crippen LogP contribution in [0.15, 0.2) is 42.9 Å². The predicted molar refractivity (Wildman–Crippen MR) is 128 cm³/mol. The maximum absolute atomic E-state index is 12.3. The Kier molecular flexibility index (Phi) is 6.77. The van der Waals surface area contributed by atoms with Crippen LogP contribution in [0.5, 0.6) is 0 Å². The Balaban J connectivity index is 1.58. The van der Waals surface area contributed by atoms with Gasteiger partial charge in [-0.3, -0.25) is 9.78 Å². The molecule has 0 saturated carbocycles. The van der Waals surface area contributed by atoms with Crippen molar-refractivity contribution in [2.45, 2.75) is 19.3 Å². The highest BCUT2D eigenvalue weighted by atomic mass is 35.5. The van der Waals surface area contributed by atoms with Gasteiger partial charge in [-0.05, 0) is 30.4 Å². The summed E-state index contributed by atoms with van der Waals surface area (Å²) in [7, 11) is 0. The Morgan fingerprint density at radius 3 is 2.62 bits per heavy atom. The number of aliphatic hydroxyl groups excluding tert-OH is 1. The Bertz CT molecular complexity index is 1010. The highest BCUT2D eigenvalue weighted by Gasteiger charge is 2.44. The molecule has 4 rings (SSSR count). The molecule has 2 aliphatic heterocycles. The van der Waals surface area contributed by atoms with Gasteiger partial charge in [0.2, 0.25) is 5.91 Å². The van der Waals surface area contributed by atoms with Gasteiger partial charge in [0, 0.05) is 62.1 Å². The first-order valence-electron chi connectivity index (χ1n) is 10.9. The summed E-state index contributed by atoms with van der Waals surface area (Å²) in [6, 6.07) is 7.94. The number of nitrogens with one attached hydrogen (secondary N) is 3. The highest BCUT2D eigenvalue weighted by Crippen LogP contribution is 2.43. The molecule has 1 aromatic heterocycles. The molecule has 4 N–H and O–H groups in total. The highest BCUT2D eigenvalue weighted by molar-refractivity contribution is 6.33. The van der Waals surface area contributed by atoms with Crippen molar-refractivity contribution in [2.24, 2.45) is 5.41 Å². The maximum atomic E-state index is 12.3. The fourth-order valence-electron chi connectivity index (χ4n) is 4.61. The van der Waals surface area contributed by atoms with Crippen molar-refractivity contribution in [3.05, 3.63) is 53.4 Å².